The summed E-state index contributed by atoms with van der Waals surface area (Å²) >= 11 is 0. The number of piperazine rings is 1. The van der Waals surface area contributed by atoms with Crippen molar-refractivity contribution in [3.8, 4) is 11.6 Å². The number of aromatic nitrogens is 2. The number of nitrogens with zero attached hydrogens (tertiary/aromatic N) is 5. The molecule has 298 valence electrons. The number of hydrogen-bond donors (Lipinski definition) is 2. The van der Waals surface area contributed by atoms with Crippen LogP contribution in [0.1, 0.15) is 67.9 Å². The van der Waals surface area contributed by atoms with Crippen molar-refractivity contribution in [1.82, 2.24) is 35.1 Å². The Labute approximate surface area is 325 Å². The first-order chi connectivity index (χ1) is 27.2. The minimum absolute atomic E-state index is 0.0567. The van der Waals surface area contributed by atoms with E-state index in [1.165, 1.54) is 20.5 Å². The van der Waals surface area contributed by atoms with Gasteiger partial charge in [0.2, 0.25) is 17.7 Å². The Kier molecular flexibility index (Phi) is 13.6. The molecule has 2 aromatic carbocycles. The van der Waals surface area contributed by atoms with E-state index in [9.17, 15) is 28.8 Å². The van der Waals surface area contributed by atoms with Crippen LogP contribution in [0.3, 0.4) is 0 Å². The molecule has 6 rings (SSSR count). The van der Waals surface area contributed by atoms with E-state index in [1.807, 2.05) is 36.4 Å². The first kappa shape index (κ1) is 39.8. The lowest BCUT2D eigenvalue weighted by atomic mass is 9.93. The Balaban J connectivity index is 1.14. The van der Waals surface area contributed by atoms with Crippen LogP contribution in [0.15, 0.2) is 66.7 Å². The van der Waals surface area contributed by atoms with Crippen molar-refractivity contribution in [1.29, 1.82) is 0 Å². The number of carbonyl (C=O) groups is 6. The van der Waals surface area contributed by atoms with Gasteiger partial charge in [0, 0.05) is 51.3 Å². The lowest BCUT2D eigenvalue weighted by Crippen LogP contribution is -2.56. The van der Waals surface area contributed by atoms with E-state index in [2.05, 4.69) is 15.7 Å². The number of ether oxygens (including phenoxy) is 3. The average Bonchev–Trinajstić information content (AvgIpc) is 3.88. The third-order valence-corrected chi connectivity index (χ3v) is 10.2. The Morgan fingerprint density at radius 1 is 0.839 bits per heavy atom. The molecule has 0 spiro atoms. The Hall–Kier alpha value is -5.93. The minimum atomic E-state index is -1.13. The van der Waals surface area contributed by atoms with Gasteiger partial charge in [0.05, 0.1) is 12.3 Å². The SMILES string of the molecule is CCOC(=O)N1CCN(C(=O)[C@H](CCC(=O)OCc2ccccc2)NC(=O)c2cc(OCC(=O)N3CCC[C@H]3C(=O)NC3CCC3)n(-c3ccccc3)n2)CC1. The topological polar surface area (TPSA) is 182 Å². The molecule has 1 aromatic heterocycles. The second-order valence-corrected chi connectivity index (χ2v) is 14.0. The quantitative estimate of drug-likeness (QED) is 0.218. The first-order valence-electron chi connectivity index (χ1n) is 19.3. The van der Waals surface area contributed by atoms with E-state index in [1.54, 1.807) is 36.1 Å². The van der Waals surface area contributed by atoms with Gasteiger partial charge in [-0.15, -0.1) is 0 Å². The number of esters is 1. The van der Waals surface area contributed by atoms with E-state index < -0.39 is 42.6 Å². The van der Waals surface area contributed by atoms with Crippen molar-refractivity contribution in [3.63, 3.8) is 0 Å². The minimum Gasteiger partial charge on any atom is -0.467 e. The van der Waals surface area contributed by atoms with Crippen LogP contribution in [-0.2, 0) is 35.3 Å². The fourth-order valence-corrected chi connectivity index (χ4v) is 6.84. The number of para-hydroxylation sites is 1. The zero-order chi connectivity index (χ0) is 39.4. The number of likely N-dealkylation sites (tertiary alicyclic amines) is 1. The number of rotatable bonds is 15. The van der Waals surface area contributed by atoms with E-state index in [-0.39, 0.29) is 81.7 Å². The summed E-state index contributed by atoms with van der Waals surface area (Å²) < 4.78 is 17.9. The van der Waals surface area contributed by atoms with Crippen molar-refractivity contribution in [2.45, 2.75) is 76.6 Å². The number of carbonyl (C=O) groups excluding carboxylic acids is 6. The van der Waals surface area contributed by atoms with Gasteiger partial charge in [0.15, 0.2) is 12.3 Å². The summed E-state index contributed by atoms with van der Waals surface area (Å²) in [5.41, 5.74) is 1.28. The monoisotopic (exact) mass is 771 g/mol. The Morgan fingerprint density at radius 2 is 1.54 bits per heavy atom. The molecule has 3 aliphatic rings. The predicted octanol–water partition coefficient (Wildman–Crippen LogP) is 2.83. The molecule has 1 saturated carbocycles. The van der Waals surface area contributed by atoms with Crippen LogP contribution in [0, 0.1) is 0 Å². The van der Waals surface area contributed by atoms with Crippen LogP contribution >= 0.6 is 0 Å². The second-order valence-electron chi connectivity index (χ2n) is 14.0. The normalized spacial score (nSPS) is 17.4. The Morgan fingerprint density at radius 3 is 2.21 bits per heavy atom. The van der Waals surface area contributed by atoms with E-state index in [0.29, 0.717) is 25.1 Å². The maximum atomic E-state index is 13.9. The maximum absolute atomic E-state index is 13.9. The van der Waals surface area contributed by atoms with Gasteiger partial charge in [-0.2, -0.15) is 5.10 Å². The fourth-order valence-electron chi connectivity index (χ4n) is 6.84. The number of benzene rings is 2. The van der Waals surface area contributed by atoms with Gasteiger partial charge in [-0.05, 0) is 63.1 Å². The van der Waals surface area contributed by atoms with Gasteiger partial charge in [-0.1, -0.05) is 48.5 Å². The highest BCUT2D eigenvalue weighted by Gasteiger charge is 2.36. The van der Waals surface area contributed by atoms with Crippen LogP contribution in [0.25, 0.3) is 5.69 Å². The summed E-state index contributed by atoms with van der Waals surface area (Å²) in [7, 11) is 0. The molecule has 2 N–H and O–H groups in total. The molecule has 2 saturated heterocycles. The molecule has 0 unspecified atom stereocenters. The highest BCUT2D eigenvalue weighted by Crippen LogP contribution is 2.24. The van der Waals surface area contributed by atoms with E-state index in [0.717, 1.165) is 24.8 Å². The molecule has 3 aromatic rings. The van der Waals surface area contributed by atoms with Crippen LogP contribution in [0.5, 0.6) is 5.88 Å². The molecule has 3 heterocycles. The smallest absolute Gasteiger partial charge is 0.409 e. The summed E-state index contributed by atoms with van der Waals surface area (Å²) in [5.74, 6) is -2.08. The summed E-state index contributed by atoms with van der Waals surface area (Å²) in [6.07, 6.45) is 3.57. The molecule has 0 radical (unpaired) electrons. The zero-order valence-corrected chi connectivity index (χ0v) is 31.6. The summed E-state index contributed by atoms with van der Waals surface area (Å²) in [6.45, 7) is 2.95. The summed E-state index contributed by atoms with van der Waals surface area (Å²) in [4.78, 5) is 83.8. The van der Waals surface area contributed by atoms with Crippen molar-refractivity contribution in [3.05, 3.63) is 78.0 Å². The van der Waals surface area contributed by atoms with Crippen LogP contribution < -0.4 is 15.4 Å². The molecule has 0 bridgehead atoms. The summed E-state index contributed by atoms with van der Waals surface area (Å²) in [5, 5.41) is 10.3. The molecule has 56 heavy (non-hydrogen) atoms. The predicted molar refractivity (Wildman–Crippen MR) is 201 cm³/mol. The van der Waals surface area contributed by atoms with Gasteiger partial charge in [-0.3, -0.25) is 24.0 Å². The molecular weight excluding hydrogens is 722 g/mol. The third-order valence-electron chi connectivity index (χ3n) is 10.2. The molecule has 1 aliphatic carbocycles. The van der Waals surface area contributed by atoms with Gasteiger partial charge in [-0.25, -0.2) is 9.48 Å². The first-order valence-corrected chi connectivity index (χ1v) is 19.3. The molecule has 3 fully saturated rings. The van der Waals surface area contributed by atoms with E-state index in [4.69, 9.17) is 14.2 Å². The standard InChI is InChI=1S/C40H49N7O9/c1-2-54-40(53)45-23-21-44(22-24-45)39(52)31(18-19-36(49)56-26-28-11-5-3-6-12-28)42-37(50)32-25-35(47(43-32)30-15-7-4-8-16-30)55-27-34(48)46-20-10-17-33(46)38(51)41-29-13-9-14-29/h3-8,11-12,15-16,25,29,31,33H,2,9-10,13-14,17-24,26-27H2,1H3,(H,41,51)(H,42,50)/t31-,33-/m0/s1. The van der Waals surface area contributed by atoms with Crippen molar-refractivity contribution in [2.75, 3.05) is 45.9 Å². The Bertz CT molecular complexity index is 1840. The summed E-state index contributed by atoms with van der Waals surface area (Å²) in [6, 6.07) is 17.9. The number of amides is 5. The number of nitrogens with one attached hydrogen (secondary N) is 2. The molecule has 16 nitrogen and oxygen atoms in total. The molecule has 5 amide bonds. The van der Waals surface area contributed by atoms with E-state index >= 15 is 0 Å². The van der Waals surface area contributed by atoms with Crippen LogP contribution in [0.4, 0.5) is 4.79 Å². The van der Waals surface area contributed by atoms with Crippen molar-refractivity contribution in [2.24, 2.45) is 0 Å². The molecule has 2 atom stereocenters. The maximum Gasteiger partial charge on any atom is 0.409 e. The van der Waals surface area contributed by atoms with Gasteiger partial charge in [0.25, 0.3) is 11.8 Å². The van der Waals surface area contributed by atoms with Crippen LogP contribution in [-0.4, -0.2) is 124 Å². The molecular formula is C40H49N7O9. The highest BCUT2D eigenvalue weighted by atomic mass is 16.6. The van der Waals surface area contributed by atoms with Crippen molar-refractivity contribution < 1.29 is 43.0 Å². The average molecular weight is 772 g/mol. The third kappa shape index (κ3) is 10.2. The molecule has 2 aliphatic heterocycles. The fraction of sp³-hybridized carbons (Fsp3) is 0.475. The number of hydrogen-bond acceptors (Lipinski definition) is 10. The lowest BCUT2D eigenvalue weighted by Gasteiger charge is -2.35. The molecule has 16 heteroatoms. The van der Waals surface area contributed by atoms with Crippen LogP contribution in [0.2, 0.25) is 0 Å². The second kappa shape index (κ2) is 19.1. The zero-order valence-electron chi connectivity index (χ0n) is 31.6. The van der Waals surface area contributed by atoms with Gasteiger partial charge >= 0.3 is 12.1 Å². The lowest BCUT2D eigenvalue weighted by molar-refractivity contribution is -0.145. The van der Waals surface area contributed by atoms with Gasteiger partial charge in [0.1, 0.15) is 18.7 Å². The van der Waals surface area contributed by atoms with Crippen molar-refractivity contribution >= 4 is 35.7 Å². The highest BCUT2D eigenvalue weighted by molar-refractivity contribution is 5.96. The largest absolute Gasteiger partial charge is 0.467 e. The van der Waals surface area contributed by atoms with Gasteiger partial charge < -0.3 is 39.5 Å².